The monoisotopic (exact) mass is 627 g/mol. The van der Waals surface area contributed by atoms with E-state index in [1.54, 1.807) is 12.1 Å². The minimum Gasteiger partial charge on any atom is -0.491 e. The minimum absolute atomic E-state index is 0.0108. The Morgan fingerprint density at radius 2 is 1.56 bits per heavy atom. The summed E-state index contributed by atoms with van der Waals surface area (Å²) in [5.41, 5.74) is 4.00. The highest BCUT2D eigenvalue weighted by molar-refractivity contribution is 7.90. The van der Waals surface area contributed by atoms with Crippen molar-refractivity contribution < 1.29 is 27.1 Å². The van der Waals surface area contributed by atoms with Crippen molar-refractivity contribution in [1.29, 1.82) is 0 Å². The van der Waals surface area contributed by atoms with Crippen molar-refractivity contribution in [2.45, 2.75) is 89.2 Å². The fourth-order valence-electron chi connectivity index (χ4n) is 5.99. The second-order valence-corrected chi connectivity index (χ2v) is 19.8. The van der Waals surface area contributed by atoms with E-state index in [9.17, 15) is 8.42 Å². The van der Waals surface area contributed by atoms with Crippen molar-refractivity contribution in [2.75, 3.05) is 19.4 Å². The van der Waals surface area contributed by atoms with Gasteiger partial charge in [-0.1, -0.05) is 41.5 Å². The van der Waals surface area contributed by atoms with E-state index < -0.39 is 18.2 Å². The summed E-state index contributed by atoms with van der Waals surface area (Å²) in [5.74, 6) is 2.15. The SMILES string of the molecule is CC(C)Oc1cc(Oc2ccc(S(C)(=O)=O)nc2)cc(-c2ccc(C3=NC[C@H](CO[Si](C(C)C)(C(C)C)C(C)C)O3)[nH]2)c1. The first kappa shape index (κ1) is 32.8. The maximum atomic E-state index is 11.8. The average Bonchev–Trinajstić information content (AvgIpc) is 3.58. The largest absolute Gasteiger partial charge is 0.491 e. The lowest BCUT2D eigenvalue weighted by atomic mass is 10.1. The molecule has 0 saturated heterocycles. The Morgan fingerprint density at radius 1 is 0.907 bits per heavy atom. The molecule has 0 amide bonds. The first-order chi connectivity index (χ1) is 20.2. The fourth-order valence-corrected chi connectivity index (χ4v) is 12.0. The van der Waals surface area contributed by atoms with E-state index in [0.29, 0.717) is 52.9 Å². The number of hydrogen-bond acceptors (Lipinski definition) is 8. The molecule has 3 aromatic rings. The third kappa shape index (κ3) is 7.68. The predicted molar refractivity (Wildman–Crippen MR) is 173 cm³/mol. The van der Waals surface area contributed by atoms with Gasteiger partial charge in [-0.3, -0.25) is 0 Å². The number of hydrogen-bond donors (Lipinski definition) is 1. The van der Waals surface area contributed by atoms with Gasteiger partial charge in [-0.2, -0.15) is 0 Å². The highest BCUT2D eigenvalue weighted by Crippen LogP contribution is 2.42. The van der Waals surface area contributed by atoms with E-state index >= 15 is 0 Å². The number of aromatic amines is 1. The van der Waals surface area contributed by atoms with Crippen molar-refractivity contribution in [3.05, 3.63) is 54.4 Å². The van der Waals surface area contributed by atoms with Crippen LogP contribution in [0.1, 0.15) is 61.1 Å². The molecule has 1 aromatic carbocycles. The number of nitrogens with zero attached hydrogens (tertiary/aromatic N) is 2. The number of ether oxygens (including phenoxy) is 3. The first-order valence-corrected chi connectivity index (χ1v) is 18.9. The second-order valence-electron chi connectivity index (χ2n) is 12.4. The van der Waals surface area contributed by atoms with Gasteiger partial charge in [0.25, 0.3) is 0 Å². The zero-order valence-electron chi connectivity index (χ0n) is 26.7. The Balaban J connectivity index is 1.50. The topological polar surface area (TPSA) is 112 Å². The lowest BCUT2D eigenvalue weighted by molar-refractivity contribution is 0.131. The van der Waals surface area contributed by atoms with E-state index in [0.717, 1.165) is 23.2 Å². The van der Waals surface area contributed by atoms with Crippen LogP contribution in [-0.2, 0) is 19.0 Å². The van der Waals surface area contributed by atoms with Gasteiger partial charge in [0.1, 0.15) is 29.0 Å². The number of pyridine rings is 1. The van der Waals surface area contributed by atoms with Crippen LogP contribution in [0, 0.1) is 0 Å². The Hall–Kier alpha value is -3.15. The number of nitrogens with one attached hydrogen (secondary N) is 1. The molecule has 2 aromatic heterocycles. The highest BCUT2D eigenvalue weighted by atomic mass is 32.2. The van der Waals surface area contributed by atoms with Gasteiger partial charge in [0.2, 0.25) is 14.2 Å². The van der Waals surface area contributed by atoms with Crippen molar-refractivity contribution in [3.63, 3.8) is 0 Å². The van der Waals surface area contributed by atoms with Crippen LogP contribution in [0.2, 0.25) is 16.6 Å². The van der Waals surface area contributed by atoms with Gasteiger partial charge in [0.15, 0.2) is 14.9 Å². The van der Waals surface area contributed by atoms with Gasteiger partial charge in [-0.05, 0) is 66.9 Å². The van der Waals surface area contributed by atoms with E-state index in [1.807, 2.05) is 38.1 Å². The smallest absolute Gasteiger partial charge is 0.233 e. The van der Waals surface area contributed by atoms with Gasteiger partial charge < -0.3 is 23.6 Å². The molecule has 3 heterocycles. The molecule has 0 radical (unpaired) electrons. The summed E-state index contributed by atoms with van der Waals surface area (Å²) in [6.07, 6.45) is 2.36. The summed E-state index contributed by atoms with van der Waals surface area (Å²) < 4.78 is 48.6. The Labute approximate surface area is 257 Å². The molecular formula is C32H45N3O6SSi. The molecule has 0 saturated carbocycles. The molecule has 0 bridgehead atoms. The number of sulfone groups is 1. The van der Waals surface area contributed by atoms with Crippen LogP contribution < -0.4 is 9.47 Å². The molecule has 0 spiro atoms. The lowest BCUT2D eigenvalue weighted by Crippen LogP contribution is -2.49. The number of benzene rings is 1. The van der Waals surface area contributed by atoms with Crippen LogP contribution >= 0.6 is 0 Å². The van der Waals surface area contributed by atoms with Crippen molar-refractivity contribution in [2.24, 2.45) is 4.99 Å². The summed E-state index contributed by atoms with van der Waals surface area (Å²) >= 11 is 0. The molecular weight excluding hydrogens is 583 g/mol. The zero-order valence-corrected chi connectivity index (χ0v) is 28.5. The molecule has 43 heavy (non-hydrogen) atoms. The molecule has 0 fully saturated rings. The predicted octanol–water partition coefficient (Wildman–Crippen LogP) is 7.40. The molecule has 1 atom stereocenters. The van der Waals surface area contributed by atoms with E-state index in [1.165, 1.54) is 12.3 Å². The number of rotatable bonds is 13. The molecule has 11 heteroatoms. The van der Waals surface area contributed by atoms with E-state index in [4.69, 9.17) is 18.6 Å². The van der Waals surface area contributed by atoms with Crippen LogP contribution in [0.3, 0.4) is 0 Å². The molecule has 4 rings (SSSR count). The Morgan fingerprint density at radius 3 is 2.14 bits per heavy atom. The summed E-state index contributed by atoms with van der Waals surface area (Å²) in [6.45, 7) is 18.7. The quantitative estimate of drug-likeness (QED) is 0.197. The van der Waals surface area contributed by atoms with Gasteiger partial charge in [-0.15, -0.1) is 0 Å². The van der Waals surface area contributed by atoms with Crippen LogP contribution in [0.15, 0.2) is 58.7 Å². The van der Waals surface area contributed by atoms with Crippen LogP contribution in [0.4, 0.5) is 0 Å². The summed E-state index contributed by atoms with van der Waals surface area (Å²) in [4.78, 5) is 12.1. The zero-order chi connectivity index (χ0) is 31.5. The maximum absolute atomic E-state index is 11.8. The molecule has 9 nitrogen and oxygen atoms in total. The van der Waals surface area contributed by atoms with E-state index in [2.05, 4.69) is 56.5 Å². The molecule has 0 unspecified atom stereocenters. The average molecular weight is 628 g/mol. The third-order valence-electron chi connectivity index (χ3n) is 7.75. The van der Waals surface area contributed by atoms with Gasteiger partial charge in [0, 0.05) is 23.6 Å². The third-order valence-corrected chi connectivity index (χ3v) is 14.8. The van der Waals surface area contributed by atoms with Crippen LogP contribution in [0.5, 0.6) is 17.2 Å². The second kappa shape index (κ2) is 13.2. The summed E-state index contributed by atoms with van der Waals surface area (Å²) in [6, 6.07) is 12.6. The Bertz CT molecular complexity index is 1510. The summed E-state index contributed by atoms with van der Waals surface area (Å²) in [5, 5.41) is -0.0108. The van der Waals surface area contributed by atoms with Crippen LogP contribution in [0.25, 0.3) is 11.3 Å². The molecule has 1 aliphatic rings. The molecule has 234 valence electrons. The number of aromatic nitrogens is 2. The van der Waals surface area contributed by atoms with Crippen molar-refractivity contribution >= 4 is 24.1 Å². The minimum atomic E-state index is -3.40. The number of aliphatic imine (C=N–C) groups is 1. The standard InChI is InChI=1S/C32H45N3O6SSi/c1-20(2)39-26-14-24(15-27(16-26)40-25-10-13-31(33-17-25)42(9,36)37)29-11-12-30(35-29)32-34-18-28(41-32)19-38-43(21(3)4,22(5)6)23(7)8/h10-17,20-23,28,35H,18-19H2,1-9H3/t28-/m1/s1. The highest BCUT2D eigenvalue weighted by Gasteiger charge is 2.45. The van der Waals surface area contributed by atoms with Gasteiger partial charge >= 0.3 is 0 Å². The van der Waals surface area contributed by atoms with Gasteiger partial charge in [-0.25, -0.2) is 18.4 Å². The number of H-pyrrole nitrogens is 1. The normalized spacial score (nSPS) is 15.8. The van der Waals surface area contributed by atoms with Crippen LogP contribution in [-0.4, -0.2) is 64.2 Å². The van der Waals surface area contributed by atoms with E-state index in [-0.39, 0.29) is 17.2 Å². The fraction of sp³-hybridized carbons (Fsp3) is 0.500. The maximum Gasteiger partial charge on any atom is 0.233 e. The first-order valence-electron chi connectivity index (χ1n) is 14.9. The molecule has 1 N–H and O–H groups in total. The van der Waals surface area contributed by atoms with Crippen molar-refractivity contribution in [1.82, 2.24) is 9.97 Å². The van der Waals surface area contributed by atoms with Gasteiger partial charge in [0.05, 0.1) is 25.5 Å². The van der Waals surface area contributed by atoms with Crippen molar-refractivity contribution in [3.8, 4) is 28.5 Å². The lowest BCUT2D eigenvalue weighted by Gasteiger charge is -2.42. The molecule has 1 aliphatic heterocycles. The summed E-state index contributed by atoms with van der Waals surface area (Å²) in [7, 11) is -5.39. The Kier molecular flexibility index (Phi) is 10.1. The molecule has 0 aliphatic carbocycles.